The lowest BCUT2D eigenvalue weighted by atomic mass is 10.0. The van der Waals surface area contributed by atoms with E-state index >= 15 is 0 Å². The van der Waals surface area contributed by atoms with E-state index in [1.165, 1.54) is 54.4 Å². The fourth-order valence-corrected chi connectivity index (χ4v) is 6.73. The Balaban J connectivity index is 1.46. The SMILES string of the molecule is c1ccc(-c2ccc(-n3c4ccccc4c4ccc5ccc6c7ccccc7n(-c7ccccc7)c6c5c43)cn2)cc1. The van der Waals surface area contributed by atoms with Gasteiger partial charge in [-0.15, -0.1) is 0 Å². The summed E-state index contributed by atoms with van der Waals surface area (Å²) in [6.45, 7) is 0. The van der Waals surface area contributed by atoms with Gasteiger partial charge in [-0.2, -0.15) is 0 Å². The molecule has 0 spiro atoms. The van der Waals surface area contributed by atoms with E-state index in [0.717, 1.165) is 22.6 Å². The summed E-state index contributed by atoms with van der Waals surface area (Å²) in [6, 6.07) is 52.0. The van der Waals surface area contributed by atoms with Gasteiger partial charge >= 0.3 is 0 Å². The van der Waals surface area contributed by atoms with Gasteiger partial charge in [0.1, 0.15) is 0 Å². The van der Waals surface area contributed by atoms with Crippen LogP contribution in [0.4, 0.5) is 0 Å². The Morgan fingerprint density at radius 1 is 0.405 bits per heavy atom. The van der Waals surface area contributed by atoms with Crippen molar-refractivity contribution in [2.45, 2.75) is 0 Å². The van der Waals surface area contributed by atoms with Gasteiger partial charge in [0, 0.05) is 38.2 Å². The number of nitrogens with zero attached hydrogens (tertiary/aromatic N) is 3. The van der Waals surface area contributed by atoms with Crippen molar-refractivity contribution in [2.75, 3.05) is 0 Å². The quantitative estimate of drug-likeness (QED) is 0.221. The van der Waals surface area contributed by atoms with Crippen LogP contribution in [0.25, 0.3) is 77.0 Å². The Hall–Kier alpha value is -5.67. The minimum Gasteiger partial charge on any atom is -0.309 e. The second-order valence-electron chi connectivity index (χ2n) is 10.8. The van der Waals surface area contributed by atoms with Crippen LogP contribution in [0.3, 0.4) is 0 Å². The summed E-state index contributed by atoms with van der Waals surface area (Å²) >= 11 is 0. The molecule has 0 atom stereocenters. The molecule has 3 heteroatoms. The number of benzene rings is 6. The van der Waals surface area contributed by atoms with Crippen LogP contribution in [-0.4, -0.2) is 14.1 Å². The molecule has 3 nitrogen and oxygen atoms in total. The van der Waals surface area contributed by atoms with Crippen LogP contribution in [-0.2, 0) is 0 Å². The molecule has 0 saturated carbocycles. The fraction of sp³-hybridized carbons (Fsp3) is 0. The van der Waals surface area contributed by atoms with Crippen molar-refractivity contribution in [1.82, 2.24) is 14.1 Å². The van der Waals surface area contributed by atoms with E-state index < -0.39 is 0 Å². The molecule has 9 aromatic rings. The Morgan fingerprint density at radius 2 is 0.952 bits per heavy atom. The molecule has 3 aromatic heterocycles. The van der Waals surface area contributed by atoms with Crippen molar-refractivity contribution in [2.24, 2.45) is 0 Å². The number of pyridine rings is 1. The Bertz CT molecular complexity index is 2430. The largest absolute Gasteiger partial charge is 0.309 e. The predicted octanol–water partition coefficient (Wildman–Crippen LogP) is 10.1. The van der Waals surface area contributed by atoms with Gasteiger partial charge in [0.05, 0.1) is 39.6 Å². The molecule has 196 valence electrons. The summed E-state index contributed by atoms with van der Waals surface area (Å²) in [5.41, 5.74) is 9.10. The third kappa shape index (κ3) is 3.25. The van der Waals surface area contributed by atoms with E-state index in [1.54, 1.807) is 0 Å². The highest BCUT2D eigenvalue weighted by molar-refractivity contribution is 6.28. The monoisotopic (exact) mass is 535 g/mol. The fourth-order valence-electron chi connectivity index (χ4n) is 6.73. The second kappa shape index (κ2) is 8.92. The third-order valence-electron chi connectivity index (χ3n) is 8.54. The summed E-state index contributed by atoms with van der Waals surface area (Å²) in [7, 11) is 0. The molecule has 3 heterocycles. The highest BCUT2D eigenvalue weighted by Crippen LogP contribution is 2.43. The first-order valence-electron chi connectivity index (χ1n) is 14.3. The number of rotatable bonds is 3. The van der Waals surface area contributed by atoms with Crippen molar-refractivity contribution < 1.29 is 0 Å². The van der Waals surface area contributed by atoms with Crippen molar-refractivity contribution in [3.63, 3.8) is 0 Å². The molecular formula is C39H25N3. The molecule has 0 aliphatic heterocycles. The smallest absolute Gasteiger partial charge is 0.0703 e. The Kier molecular flexibility index (Phi) is 4.90. The van der Waals surface area contributed by atoms with Gasteiger partial charge in [0.15, 0.2) is 0 Å². The molecule has 0 unspecified atom stereocenters. The standard InChI is InChI=1S/C39H25N3/c1-3-11-26(12-4-1)34-24-21-29(25-40-34)42-36-18-10-8-16-31(36)33-23-20-27-19-22-32-30-15-7-9-17-35(30)41(28-13-5-2-6-14-28)38(32)37(27)39(33)42/h1-25H. The average molecular weight is 536 g/mol. The van der Waals surface area contributed by atoms with E-state index in [2.05, 4.69) is 149 Å². The van der Waals surface area contributed by atoms with Gasteiger partial charge in [-0.3, -0.25) is 4.98 Å². The normalized spacial score (nSPS) is 11.8. The summed E-state index contributed by atoms with van der Waals surface area (Å²) in [5, 5.41) is 7.44. The van der Waals surface area contributed by atoms with Crippen molar-refractivity contribution in [3.8, 4) is 22.6 Å². The van der Waals surface area contributed by atoms with Gasteiger partial charge in [-0.1, -0.05) is 109 Å². The van der Waals surface area contributed by atoms with E-state index in [4.69, 9.17) is 4.98 Å². The first kappa shape index (κ1) is 23.1. The van der Waals surface area contributed by atoms with Crippen LogP contribution in [0.1, 0.15) is 0 Å². The third-order valence-corrected chi connectivity index (χ3v) is 8.54. The molecule has 0 amide bonds. The van der Waals surface area contributed by atoms with Gasteiger partial charge in [0.2, 0.25) is 0 Å². The predicted molar refractivity (Wildman–Crippen MR) is 176 cm³/mol. The van der Waals surface area contributed by atoms with Crippen molar-refractivity contribution in [3.05, 3.63) is 152 Å². The number of para-hydroxylation sites is 3. The minimum atomic E-state index is 0.969. The highest BCUT2D eigenvalue weighted by atomic mass is 15.0. The van der Waals surface area contributed by atoms with Gasteiger partial charge in [-0.25, -0.2) is 0 Å². The van der Waals surface area contributed by atoms with Crippen LogP contribution in [0.15, 0.2) is 152 Å². The summed E-state index contributed by atoms with van der Waals surface area (Å²) < 4.78 is 4.84. The van der Waals surface area contributed by atoms with Gasteiger partial charge in [-0.05, 0) is 41.8 Å². The molecular weight excluding hydrogens is 510 g/mol. The van der Waals surface area contributed by atoms with E-state index in [9.17, 15) is 0 Å². The molecule has 6 aromatic carbocycles. The molecule has 9 rings (SSSR count). The average Bonchev–Trinajstić information content (AvgIpc) is 3.59. The lowest BCUT2D eigenvalue weighted by molar-refractivity contribution is 1.14. The van der Waals surface area contributed by atoms with Crippen molar-refractivity contribution in [1.29, 1.82) is 0 Å². The van der Waals surface area contributed by atoms with Gasteiger partial charge in [0.25, 0.3) is 0 Å². The maximum Gasteiger partial charge on any atom is 0.0703 e. The van der Waals surface area contributed by atoms with E-state index in [0.29, 0.717) is 0 Å². The molecule has 0 aliphatic rings. The lowest BCUT2D eigenvalue weighted by Crippen LogP contribution is -1.98. The molecule has 0 aliphatic carbocycles. The maximum absolute atomic E-state index is 4.93. The zero-order chi connectivity index (χ0) is 27.6. The van der Waals surface area contributed by atoms with E-state index in [-0.39, 0.29) is 0 Å². The molecule has 42 heavy (non-hydrogen) atoms. The second-order valence-corrected chi connectivity index (χ2v) is 10.8. The molecule has 0 fully saturated rings. The zero-order valence-electron chi connectivity index (χ0n) is 22.8. The first-order valence-corrected chi connectivity index (χ1v) is 14.3. The number of aromatic nitrogens is 3. The summed E-state index contributed by atoms with van der Waals surface area (Å²) in [5.74, 6) is 0. The zero-order valence-corrected chi connectivity index (χ0v) is 22.8. The minimum absolute atomic E-state index is 0.969. The van der Waals surface area contributed by atoms with Crippen LogP contribution in [0.5, 0.6) is 0 Å². The van der Waals surface area contributed by atoms with Crippen LogP contribution < -0.4 is 0 Å². The van der Waals surface area contributed by atoms with Crippen LogP contribution in [0.2, 0.25) is 0 Å². The molecule has 0 N–H and O–H groups in total. The summed E-state index contributed by atoms with van der Waals surface area (Å²) in [6.07, 6.45) is 2.01. The number of fused-ring (bicyclic) bond motifs is 9. The molecule has 0 bridgehead atoms. The first-order chi connectivity index (χ1) is 20.9. The Morgan fingerprint density at radius 3 is 1.55 bits per heavy atom. The Labute approximate surface area is 242 Å². The lowest BCUT2D eigenvalue weighted by Gasteiger charge is -2.13. The molecule has 0 saturated heterocycles. The van der Waals surface area contributed by atoms with Crippen molar-refractivity contribution >= 4 is 54.4 Å². The maximum atomic E-state index is 4.93. The summed E-state index contributed by atoms with van der Waals surface area (Å²) in [4.78, 5) is 4.93. The molecule has 0 radical (unpaired) electrons. The topological polar surface area (TPSA) is 22.8 Å². The van der Waals surface area contributed by atoms with Crippen LogP contribution >= 0.6 is 0 Å². The number of hydrogen-bond donors (Lipinski definition) is 0. The van der Waals surface area contributed by atoms with E-state index in [1.807, 2.05) is 12.3 Å². The highest BCUT2D eigenvalue weighted by Gasteiger charge is 2.21. The number of hydrogen-bond acceptors (Lipinski definition) is 1. The van der Waals surface area contributed by atoms with Crippen LogP contribution in [0, 0.1) is 0 Å². The van der Waals surface area contributed by atoms with Gasteiger partial charge < -0.3 is 9.13 Å².